The van der Waals surface area contributed by atoms with E-state index in [1.165, 1.54) is 16.8 Å². The topological polar surface area (TPSA) is 35.6 Å². The zero-order valence-electron chi connectivity index (χ0n) is 12.6. The zero-order chi connectivity index (χ0) is 13.9. The highest BCUT2D eigenvalue weighted by molar-refractivity contribution is 5.85. The zero-order valence-corrected chi connectivity index (χ0v) is 13.4. The number of carbonyl (C=O) groups excluding carboxylic acids is 1. The van der Waals surface area contributed by atoms with Gasteiger partial charge in [0.15, 0.2) is 0 Å². The molecule has 4 nitrogen and oxygen atoms in total. The fourth-order valence-corrected chi connectivity index (χ4v) is 3.23. The van der Waals surface area contributed by atoms with E-state index in [-0.39, 0.29) is 18.3 Å². The molecule has 2 aliphatic rings. The summed E-state index contributed by atoms with van der Waals surface area (Å²) in [4.78, 5) is 16.4. The standard InChI is InChI=1S/C16H23N3O.ClH/c1-2-19-10-4-9-18(12-15(19)20)11-14-6-3-5-13-7-8-17-16(13)14;/h3,5-6,17H,2,4,7-12H2,1H3;1H. The lowest BCUT2D eigenvalue weighted by atomic mass is 10.1. The van der Waals surface area contributed by atoms with Gasteiger partial charge < -0.3 is 10.2 Å². The average molecular weight is 310 g/mol. The van der Waals surface area contributed by atoms with Crippen molar-refractivity contribution in [1.82, 2.24) is 9.80 Å². The van der Waals surface area contributed by atoms with E-state index >= 15 is 0 Å². The van der Waals surface area contributed by atoms with E-state index in [4.69, 9.17) is 0 Å². The number of likely N-dealkylation sites (N-methyl/N-ethyl adjacent to an activating group) is 1. The largest absolute Gasteiger partial charge is 0.384 e. The monoisotopic (exact) mass is 309 g/mol. The second-order valence-corrected chi connectivity index (χ2v) is 5.67. The van der Waals surface area contributed by atoms with Crippen molar-refractivity contribution in [3.63, 3.8) is 0 Å². The maximum absolute atomic E-state index is 12.1. The van der Waals surface area contributed by atoms with Gasteiger partial charge in [-0.15, -0.1) is 12.4 Å². The summed E-state index contributed by atoms with van der Waals surface area (Å²) in [5, 5.41) is 3.48. The van der Waals surface area contributed by atoms with Gasteiger partial charge >= 0.3 is 0 Å². The molecule has 1 amide bonds. The highest BCUT2D eigenvalue weighted by Crippen LogP contribution is 2.27. The van der Waals surface area contributed by atoms with Crippen LogP contribution in [0.4, 0.5) is 5.69 Å². The number of hydrogen-bond acceptors (Lipinski definition) is 3. The van der Waals surface area contributed by atoms with Crippen LogP contribution in [0.3, 0.4) is 0 Å². The Morgan fingerprint density at radius 3 is 2.95 bits per heavy atom. The van der Waals surface area contributed by atoms with Crippen LogP contribution in [0.15, 0.2) is 18.2 Å². The molecule has 0 aromatic heterocycles. The molecule has 0 unspecified atom stereocenters. The van der Waals surface area contributed by atoms with Gasteiger partial charge in [0.05, 0.1) is 6.54 Å². The Morgan fingerprint density at radius 2 is 2.14 bits per heavy atom. The van der Waals surface area contributed by atoms with Crippen molar-refractivity contribution in [2.24, 2.45) is 0 Å². The molecule has 0 atom stereocenters. The summed E-state index contributed by atoms with van der Waals surface area (Å²) in [6.45, 7) is 7.26. The maximum atomic E-state index is 12.1. The molecular weight excluding hydrogens is 286 g/mol. The summed E-state index contributed by atoms with van der Waals surface area (Å²) in [6, 6.07) is 6.52. The second-order valence-electron chi connectivity index (χ2n) is 5.67. The highest BCUT2D eigenvalue weighted by atomic mass is 35.5. The Balaban J connectivity index is 0.00000161. The SMILES string of the molecule is CCN1CCCN(Cc2cccc3c2NCC3)CC1=O.Cl. The molecule has 3 rings (SSSR count). The Labute approximate surface area is 132 Å². The molecule has 2 aliphatic heterocycles. The summed E-state index contributed by atoms with van der Waals surface area (Å²) in [5.74, 6) is 0.269. The molecule has 116 valence electrons. The number of amides is 1. The summed E-state index contributed by atoms with van der Waals surface area (Å²) >= 11 is 0. The number of nitrogens with zero attached hydrogens (tertiary/aromatic N) is 2. The van der Waals surface area contributed by atoms with E-state index in [0.717, 1.165) is 45.6 Å². The normalized spacial score (nSPS) is 18.7. The van der Waals surface area contributed by atoms with Crippen molar-refractivity contribution in [3.8, 4) is 0 Å². The minimum Gasteiger partial charge on any atom is -0.384 e. The number of anilines is 1. The number of benzene rings is 1. The van der Waals surface area contributed by atoms with Crippen LogP contribution in [0.2, 0.25) is 0 Å². The third kappa shape index (κ3) is 3.50. The smallest absolute Gasteiger partial charge is 0.236 e. The minimum atomic E-state index is 0. The van der Waals surface area contributed by atoms with E-state index in [1.807, 2.05) is 4.90 Å². The number of hydrogen-bond donors (Lipinski definition) is 1. The summed E-state index contributed by atoms with van der Waals surface area (Å²) in [6.07, 6.45) is 2.19. The van der Waals surface area contributed by atoms with Crippen molar-refractivity contribution in [3.05, 3.63) is 29.3 Å². The van der Waals surface area contributed by atoms with Crippen LogP contribution < -0.4 is 5.32 Å². The number of rotatable bonds is 3. The van der Waals surface area contributed by atoms with Crippen LogP contribution in [-0.2, 0) is 17.8 Å². The van der Waals surface area contributed by atoms with Crippen molar-refractivity contribution < 1.29 is 4.79 Å². The lowest BCUT2D eigenvalue weighted by molar-refractivity contribution is -0.131. The molecule has 21 heavy (non-hydrogen) atoms. The van der Waals surface area contributed by atoms with Crippen LogP contribution >= 0.6 is 12.4 Å². The predicted molar refractivity (Wildman–Crippen MR) is 88.0 cm³/mol. The second kappa shape index (κ2) is 7.14. The van der Waals surface area contributed by atoms with Gasteiger partial charge in [0, 0.05) is 38.4 Å². The van der Waals surface area contributed by atoms with Crippen LogP contribution in [0.25, 0.3) is 0 Å². The van der Waals surface area contributed by atoms with Gasteiger partial charge in [0.1, 0.15) is 0 Å². The highest BCUT2D eigenvalue weighted by Gasteiger charge is 2.22. The predicted octanol–water partition coefficient (Wildman–Crippen LogP) is 2.13. The molecule has 2 heterocycles. The molecule has 1 fully saturated rings. The van der Waals surface area contributed by atoms with Gasteiger partial charge in [-0.05, 0) is 30.9 Å². The molecule has 1 saturated heterocycles. The molecular formula is C16H24ClN3O. The number of halogens is 1. The van der Waals surface area contributed by atoms with Crippen LogP contribution in [0.1, 0.15) is 24.5 Å². The van der Waals surface area contributed by atoms with Crippen LogP contribution in [-0.4, -0.2) is 48.4 Å². The summed E-state index contributed by atoms with van der Waals surface area (Å²) < 4.78 is 0. The van der Waals surface area contributed by atoms with Crippen LogP contribution in [0.5, 0.6) is 0 Å². The Bertz CT molecular complexity index is 506. The van der Waals surface area contributed by atoms with Crippen molar-refractivity contribution in [1.29, 1.82) is 0 Å². The molecule has 1 N–H and O–H groups in total. The molecule has 0 radical (unpaired) electrons. The first-order valence-corrected chi connectivity index (χ1v) is 7.62. The van der Waals surface area contributed by atoms with Crippen LogP contribution in [0, 0.1) is 0 Å². The Morgan fingerprint density at radius 1 is 1.29 bits per heavy atom. The number of nitrogens with one attached hydrogen (secondary N) is 1. The third-order valence-electron chi connectivity index (χ3n) is 4.32. The molecule has 0 spiro atoms. The third-order valence-corrected chi connectivity index (χ3v) is 4.32. The number of carbonyl (C=O) groups is 1. The average Bonchev–Trinajstić information content (AvgIpc) is 2.85. The van der Waals surface area contributed by atoms with E-state index in [0.29, 0.717) is 6.54 Å². The Hall–Kier alpha value is -1.26. The van der Waals surface area contributed by atoms with E-state index in [1.54, 1.807) is 0 Å². The van der Waals surface area contributed by atoms with E-state index in [9.17, 15) is 4.79 Å². The molecule has 0 bridgehead atoms. The summed E-state index contributed by atoms with van der Waals surface area (Å²) in [5.41, 5.74) is 4.05. The van der Waals surface area contributed by atoms with Crippen molar-refractivity contribution in [2.75, 3.05) is 38.0 Å². The van der Waals surface area contributed by atoms with Gasteiger partial charge in [-0.2, -0.15) is 0 Å². The van der Waals surface area contributed by atoms with E-state index < -0.39 is 0 Å². The van der Waals surface area contributed by atoms with Crippen molar-refractivity contribution >= 4 is 24.0 Å². The molecule has 1 aromatic carbocycles. The molecule has 1 aromatic rings. The number of fused-ring (bicyclic) bond motifs is 1. The van der Waals surface area contributed by atoms with Gasteiger partial charge in [-0.3, -0.25) is 9.69 Å². The number of para-hydroxylation sites is 1. The first-order valence-electron chi connectivity index (χ1n) is 7.62. The van der Waals surface area contributed by atoms with Gasteiger partial charge in [0.25, 0.3) is 0 Å². The van der Waals surface area contributed by atoms with Gasteiger partial charge in [0.2, 0.25) is 5.91 Å². The molecule has 5 heteroatoms. The molecule has 0 aliphatic carbocycles. The fraction of sp³-hybridized carbons (Fsp3) is 0.562. The lowest BCUT2D eigenvalue weighted by Gasteiger charge is -2.21. The van der Waals surface area contributed by atoms with Crippen molar-refractivity contribution in [2.45, 2.75) is 26.3 Å². The minimum absolute atomic E-state index is 0. The first-order chi connectivity index (χ1) is 9.78. The molecule has 0 saturated carbocycles. The quantitative estimate of drug-likeness (QED) is 0.929. The maximum Gasteiger partial charge on any atom is 0.236 e. The summed E-state index contributed by atoms with van der Waals surface area (Å²) in [7, 11) is 0. The van der Waals surface area contributed by atoms with Gasteiger partial charge in [-0.25, -0.2) is 0 Å². The first kappa shape index (κ1) is 16.1. The van der Waals surface area contributed by atoms with Gasteiger partial charge in [-0.1, -0.05) is 18.2 Å². The fourth-order valence-electron chi connectivity index (χ4n) is 3.23. The van der Waals surface area contributed by atoms with E-state index in [2.05, 4.69) is 35.3 Å². The Kier molecular flexibility index (Phi) is 5.48. The lowest BCUT2D eigenvalue weighted by Crippen LogP contribution is -2.36.